The average Bonchev–Trinajstić information content (AvgIpc) is 2.41. The van der Waals surface area contributed by atoms with E-state index >= 15 is 0 Å². The Kier molecular flexibility index (Phi) is 4.32. The van der Waals surface area contributed by atoms with E-state index in [1.165, 1.54) is 0 Å². The number of nitrogens with two attached hydrogens (primary N) is 1. The van der Waals surface area contributed by atoms with E-state index < -0.39 is 0 Å². The minimum absolute atomic E-state index is 0.195. The molecule has 1 aromatic rings. The first-order valence-electron chi connectivity index (χ1n) is 6.66. The molecule has 2 rings (SSSR count). The molecular formula is C14H24N4. The number of likely N-dealkylation sites (tertiary alicyclic amines) is 1. The molecule has 0 spiro atoms. The first kappa shape index (κ1) is 13.5. The van der Waals surface area contributed by atoms with Crippen molar-refractivity contribution in [2.75, 3.05) is 33.7 Å². The van der Waals surface area contributed by atoms with Gasteiger partial charge < -0.3 is 10.6 Å². The van der Waals surface area contributed by atoms with Crippen molar-refractivity contribution in [3.8, 4) is 0 Å². The van der Waals surface area contributed by atoms with Gasteiger partial charge in [-0.25, -0.2) is 0 Å². The number of nitrogens with zero attached hydrogens (tertiary/aromatic N) is 3. The molecule has 1 aliphatic heterocycles. The molecule has 0 saturated carbocycles. The molecule has 0 aromatic carbocycles. The van der Waals surface area contributed by atoms with Gasteiger partial charge in [-0.1, -0.05) is 6.07 Å². The highest BCUT2D eigenvalue weighted by molar-refractivity contribution is 5.04. The third kappa shape index (κ3) is 2.88. The van der Waals surface area contributed by atoms with Crippen molar-refractivity contribution in [1.82, 2.24) is 14.8 Å². The maximum Gasteiger partial charge on any atom is 0.0543 e. The Balaban J connectivity index is 1.91. The first-order chi connectivity index (χ1) is 8.66. The largest absolute Gasteiger partial charge is 0.329 e. The number of pyridine rings is 1. The molecule has 4 heteroatoms. The first-order valence-corrected chi connectivity index (χ1v) is 6.66. The quantitative estimate of drug-likeness (QED) is 0.861. The van der Waals surface area contributed by atoms with Crippen molar-refractivity contribution in [2.45, 2.75) is 24.9 Å². The van der Waals surface area contributed by atoms with Gasteiger partial charge in [0.05, 0.1) is 5.69 Å². The summed E-state index contributed by atoms with van der Waals surface area (Å²) in [4.78, 5) is 9.16. The molecule has 0 amide bonds. The fourth-order valence-corrected chi connectivity index (χ4v) is 2.68. The zero-order valence-corrected chi connectivity index (χ0v) is 11.5. The molecular weight excluding hydrogens is 224 g/mol. The van der Waals surface area contributed by atoms with E-state index in [-0.39, 0.29) is 5.54 Å². The maximum absolute atomic E-state index is 5.96. The van der Waals surface area contributed by atoms with Gasteiger partial charge in [0.25, 0.3) is 0 Å². The highest BCUT2D eigenvalue weighted by atomic mass is 15.2. The molecule has 2 N–H and O–H groups in total. The van der Waals surface area contributed by atoms with Crippen LogP contribution in [0.4, 0.5) is 0 Å². The van der Waals surface area contributed by atoms with E-state index in [0.29, 0.717) is 0 Å². The average molecular weight is 248 g/mol. The molecule has 100 valence electrons. The van der Waals surface area contributed by atoms with E-state index in [0.717, 1.165) is 44.7 Å². The van der Waals surface area contributed by atoms with E-state index in [2.05, 4.69) is 41.0 Å². The number of likely N-dealkylation sites (N-methyl/N-ethyl adjacent to an activating group) is 1. The van der Waals surface area contributed by atoms with Crippen LogP contribution in [0, 0.1) is 0 Å². The lowest BCUT2D eigenvalue weighted by Crippen LogP contribution is -2.56. The molecule has 1 aromatic heterocycles. The number of hydrogen-bond donors (Lipinski definition) is 1. The monoisotopic (exact) mass is 248 g/mol. The number of rotatable bonds is 4. The Hall–Kier alpha value is -0.970. The van der Waals surface area contributed by atoms with Crippen LogP contribution in [0.2, 0.25) is 0 Å². The van der Waals surface area contributed by atoms with Crippen molar-refractivity contribution in [3.05, 3.63) is 30.1 Å². The second-order valence-corrected chi connectivity index (χ2v) is 5.42. The molecule has 0 aliphatic carbocycles. The van der Waals surface area contributed by atoms with Gasteiger partial charge in [-0.05, 0) is 39.1 Å². The summed E-state index contributed by atoms with van der Waals surface area (Å²) in [6, 6.07) is 6.11. The highest BCUT2D eigenvalue weighted by Crippen LogP contribution is 2.26. The Bertz CT molecular complexity index is 355. The molecule has 0 radical (unpaired) electrons. The second-order valence-electron chi connectivity index (χ2n) is 5.42. The van der Waals surface area contributed by atoms with E-state index in [1.54, 1.807) is 0 Å². The molecule has 2 heterocycles. The van der Waals surface area contributed by atoms with Crippen LogP contribution in [-0.2, 0) is 6.54 Å². The van der Waals surface area contributed by atoms with Crippen LogP contribution >= 0.6 is 0 Å². The summed E-state index contributed by atoms with van der Waals surface area (Å²) in [5, 5.41) is 0. The fraction of sp³-hybridized carbons (Fsp3) is 0.643. The summed E-state index contributed by atoms with van der Waals surface area (Å²) < 4.78 is 0. The molecule has 1 aliphatic rings. The summed E-state index contributed by atoms with van der Waals surface area (Å²) in [6.07, 6.45) is 4.15. The Morgan fingerprint density at radius 3 is 2.56 bits per heavy atom. The van der Waals surface area contributed by atoms with Gasteiger partial charge in [-0.15, -0.1) is 0 Å². The molecule has 0 unspecified atom stereocenters. The standard InChI is InChI=1S/C14H24N4/c1-17(2)14(12-15)6-9-18(10-7-14)11-13-5-3-4-8-16-13/h3-5,8H,6-7,9-12,15H2,1-2H3. The van der Waals surface area contributed by atoms with Crippen LogP contribution in [-0.4, -0.2) is 54.1 Å². The van der Waals surface area contributed by atoms with E-state index in [1.807, 2.05) is 12.3 Å². The molecule has 1 fully saturated rings. The predicted octanol–water partition coefficient (Wildman–Crippen LogP) is 0.937. The van der Waals surface area contributed by atoms with Crippen LogP contribution < -0.4 is 5.73 Å². The van der Waals surface area contributed by atoms with Crippen LogP contribution in [0.5, 0.6) is 0 Å². The van der Waals surface area contributed by atoms with E-state index in [4.69, 9.17) is 5.73 Å². The summed E-state index contributed by atoms with van der Waals surface area (Å²) in [5.74, 6) is 0. The van der Waals surface area contributed by atoms with Gasteiger partial charge in [0.2, 0.25) is 0 Å². The zero-order chi connectivity index (χ0) is 13.0. The zero-order valence-electron chi connectivity index (χ0n) is 11.5. The minimum atomic E-state index is 0.195. The van der Waals surface area contributed by atoms with Crippen molar-refractivity contribution < 1.29 is 0 Å². The van der Waals surface area contributed by atoms with Gasteiger partial charge in [-0.3, -0.25) is 9.88 Å². The van der Waals surface area contributed by atoms with E-state index in [9.17, 15) is 0 Å². The Morgan fingerprint density at radius 2 is 2.06 bits per heavy atom. The smallest absolute Gasteiger partial charge is 0.0543 e. The normalized spacial score (nSPS) is 20.2. The van der Waals surface area contributed by atoms with Gasteiger partial charge in [0, 0.05) is 37.9 Å². The van der Waals surface area contributed by atoms with Crippen molar-refractivity contribution in [1.29, 1.82) is 0 Å². The lowest BCUT2D eigenvalue weighted by atomic mass is 9.86. The number of piperidine rings is 1. The van der Waals surface area contributed by atoms with Gasteiger partial charge >= 0.3 is 0 Å². The molecule has 18 heavy (non-hydrogen) atoms. The summed E-state index contributed by atoms with van der Waals surface area (Å²) in [7, 11) is 4.28. The van der Waals surface area contributed by atoms with Gasteiger partial charge in [-0.2, -0.15) is 0 Å². The Morgan fingerprint density at radius 1 is 1.33 bits per heavy atom. The van der Waals surface area contributed by atoms with Crippen molar-refractivity contribution in [2.24, 2.45) is 5.73 Å². The molecule has 0 atom stereocenters. The number of hydrogen-bond acceptors (Lipinski definition) is 4. The molecule has 0 bridgehead atoms. The van der Waals surface area contributed by atoms with Gasteiger partial charge in [0.1, 0.15) is 0 Å². The van der Waals surface area contributed by atoms with Crippen molar-refractivity contribution >= 4 is 0 Å². The van der Waals surface area contributed by atoms with Crippen molar-refractivity contribution in [3.63, 3.8) is 0 Å². The Labute approximate surface area is 110 Å². The molecule has 4 nitrogen and oxygen atoms in total. The fourth-order valence-electron chi connectivity index (χ4n) is 2.68. The van der Waals surface area contributed by atoms with Crippen LogP contribution in [0.3, 0.4) is 0 Å². The third-order valence-corrected chi connectivity index (χ3v) is 4.23. The molecule has 1 saturated heterocycles. The SMILES string of the molecule is CN(C)C1(CN)CCN(Cc2ccccn2)CC1. The second kappa shape index (κ2) is 5.78. The topological polar surface area (TPSA) is 45.4 Å². The highest BCUT2D eigenvalue weighted by Gasteiger charge is 2.35. The minimum Gasteiger partial charge on any atom is -0.329 e. The summed E-state index contributed by atoms with van der Waals surface area (Å²) >= 11 is 0. The van der Waals surface area contributed by atoms with Crippen LogP contribution in [0.1, 0.15) is 18.5 Å². The summed E-state index contributed by atoms with van der Waals surface area (Å²) in [6.45, 7) is 3.91. The lowest BCUT2D eigenvalue weighted by molar-refractivity contribution is 0.0592. The summed E-state index contributed by atoms with van der Waals surface area (Å²) in [5.41, 5.74) is 7.31. The number of aromatic nitrogens is 1. The van der Waals surface area contributed by atoms with Crippen LogP contribution in [0.15, 0.2) is 24.4 Å². The maximum atomic E-state index is 5.96. The lowest BCUT2D eigenvalue weighted by Gasteiger charge is -2.45. The van der Waals surface area contributed by atoms with Gasteiger partial charge in [0.15, 0.2) is 0 Å². The third-order valence-electron chi connectivity index (χ3n) is 4.23. The predicted molar refractivity (Wildman–Crippen MR) is 74.2 cm³/mol. The van der Waals surface area contributed by atoms with Crippen LogP contribution in [0.25, 0.3) is 0 Å².